The molecule has 0 N–H and O–H groups in total. The molecule has 2 fully saturated rings. The van der Waals surface area contributed by atoms with Crippen molar-refractivity contribution >= 4 is 17.7 Å². The standard InChI is InChI=1S/C19H23ClF3NO4/c1-18(2,3)28-17(25)24-12-4-5-13(24)9-15(8-12)26-14-6-11(20)7-16(10-14)27-19(21,22)23/h6-7,10,12-13,15H,4-5,8-9H2,1-3H3/t12-,13?,15?/m1/s1. The number of carbonyl (C=O) groups is 1. The van der Waals surface area contributed by atoms with Crippen molar-refractivity contribution in [3.8, 4) is 11.5 Å². The molecule has 1 aromatic rings. The highest BCUT2D eigenvalue weighted by Crippen LogP contribution is 2.39. The third-order valence-electron chi connectivity index (χ3n) is 4.68. The summed E-state index contributed by atoms with van der Waals surface area (Å²) in [7, 11) is 0. The predicted molar refractivity (Wildman–Crippen MR) is 96.7 cm³/mol. The molecule has 2 aliphatic rings. The Morgan fingerprint density at radius 1 is 1.07 bits per heavy atom. The van der Waals surface area contributed by atoms with E-state index in [-0.39, 0.29) is 35.1 Å². The van der Waals surface area contributed by atoms with Crippen molar-refractivity contribution < 1.29 is 32.2 Å². The van der Waals surface area contributed by atoms with Gasteiger partial charge in [0.15, 0.2) is 0 Å². The fourth-order valence-electron chi connectivity index (χ4n) is 3.83. The Balaban J connectivity index is 1.66. The third kappa shape index (κ3) is 5.37. The van der Waals surface area contributed by atoms with E-state index in [9.17, 15) is 18.0 Å². The molecule has 28 heavy (non-hydrogen) atoms. The Bertz CT molecular complexity index is 721. The monoisotopic (exact) mass is 421 g/mol. The van der Waals surface area contributed by atoms with Gasteiger partial charge in [0, 0.05) is 36.0 Å². The lowest BCUT2D eigenvalue weighted by Gasteiger charge is -2.39. The molecule has 3 atom stereocenters. The molecule has 2 aliphatic heterocycles. The van der Waals surface area contributed by atoms with Gasteiger partial charge in [-0.05, 0) is 45.7 Å². The van der Waals surface area contributed by atoms with E-state index >= 15 is 0 Å². The van der Waals surface area contributed by atoms with E-state index < -0.39 is 17.7 Å². The number of amides is 1. The zero-order chi connectivity index (χ0) is 20.7. The zero-order valence-electron chi connectivity index (χ0n) is 15.9. The molecule has 0 saturated carbocycles. The van der Waals surface area contributed by atoms with Gasteiger partial charge >= 0.3 is 12.5 Å². The molecule has 1 aromatic carbocycles. The molecule has 0 aliphatic carbocycles. The van der Waals surface area contributed by atoms with Gasteiger partial charge in [-0.15, -0.1) is 13.2 Å². The number of benzene rings is 1. The molecule has 2 bridgehead atoms. The van der Waals surface area contributed by atoms with Crippen molar-refractivity contribution in [3.63, 3.8) is 0 Å². The fourth-order valence-corrected chi connectivity index (χ4v) is 4.04. The Morgan fingerprint density at radius 3 is 2.18 bits per heavy atom. The third-order valence-corrected chi connectivity index (χ3v) is 4.89. The van der Waals surface area contributed by atoms with Gasteiger partial charge in [0.05, 0.1) is 0 Å². The van der Waals surface area contributed by atoms with Crippen LogP contribution >= 0.6 is 11.6 Å². The van der Waals surface area contributed by atoms with Gasteiger partial charge in [0.1, 0.15) is 23.2 Å². The van der Waals surface area contributed by atoms with E-state index in [1.54, 1.807) is 4.90 Å². The molecular formula is C19H23ClF3NO4. The lowest BCUT2D eigenvalue weighted by Crippen LogP contribution is -2.50. The topological polar surface area (TPSA) is 48.0 Å². The normalized spacial score (nSPS) is 24.8. The zero-order valence-corrected chi connectivity index (χ0v) is 16.6. The minimum atomic E-state index is -4.81. The van der Waals surface area contributed by atoms with Gasteiger partial charge in [-0.2, -0.15) is 0 Å². The number of alkyl halides is 3. The Labute approximate surface area is 166 Å². The molecule has 0 spiro atoms. The second kappa shape index (κ2) is 7.54. The molecule has 156 valence electrons. The number of carbonyl (C=O) groups excluding carboxylic acids is 1. The summed E-state index contributed by atoms with van der Waals surface area (Å²) < 4.78 is 52.7. The first-order chi connectivity index (χ1) is 12.9. The molecule has 2 saturated heterocycles. The summed E-state index contributed by atoms with van der Waals surface area (Å²) in [5, 5.41) is 0.0888. The van der Waals surface area contributed by atoms with Gasteiger partial charge in [-0.3, -0.25) is 0 Å². The lowest BCUT2D eigenvalue weighted by molar-refractivity contribution is -0.274. The van der Waals surface area contributed by atoms with Crippen molar-refractivity contribution in [2.45, 2.75) is 76.6 Å². The van der Waals surface area contributed by atoms with Gasteiger partial charge in [-0.25, -0.2) is 4.79 Å². The van der Waals surface area contributed by atoms with Crippen LogP contribution in [0.5, 0.6) is 11.5 Å². The highest BCUT2D eigenvalue weighted by atomic mass is 35.5. The van der Waals surface area contributed by atoms with E-state index in [0.717, 1.165) is 18.9 Å². The first kappa shape index (κ1) is 20.9. The van der Waals surface area contributed by atoms with E-state index in [2.05, 4.69) is 4.74 Å². The Morgan fingerprint density at radius 2 is 1.64 bits per heavy atom. The van der Waals surface area contributed by atoms with Crippen LogP contribution in [0.1, 0.15) is 46.5 Å². The van der Waals surface area contributed by atoms with Gasteiger partial charge in [-0.1, -0.05) is 11.6 Å². The Kier molecular flexibility index (Phi) is 5.62. The minimum Gasteiger partial charge on any atom is -0.490 e. The largest absolute Gasteiger partial charge is 0.573 e. The maximum atomic E-state index is 12.5. The average molecular weight is 422 g/mol. The summed E-state index contributed by atoms with van der Waals surface area (Å²) in [6.07, 6.45) is -2.51. The lowest BCUT2D eigenvalue weighted by atomic mass is 10.00. The summed E-state index contributed by atoms with van der Waals surface area (Å²) in [6.45, 7) is 5.47. The molecule has 0 radical (unpaired) electrons. The number of rotatable bonds is 3. The second-order valence-corrected chi connectivity index (χ2v) is 8.59. The number of ether oxygens (including phenoxy) is 3. The number of hydrogen-bond acceptors (Lipinski definition) is 4. The number of piperidine rings is 1. The molecule has 0 aromatic heterocycles. The van der Waals surface area contributed by atoms with Crippen LogP contribution in [0.3, 0.4) is 0 Å². The quantitative estimate of drug-likeness (QED) is 0.642. The minimum absolute atomic E-state index is 0.0105. The molecular weight excluding hydrogens is 399 g/mol. The summed E-state index contributed by atoms with van der Waals surface area (Å²) in [5.41, 5.74) is -0.570. The SMILES string of the molecule is CC(C)(C)OC(=O)N1C2CC[C@@H]1CC(Oc1cc(Cl)cc(OC(F)(F)F)c1)C2. The maximum absolute atomic E-state index is 12.5. The van der Waals surface area contributed by atoms with Gasteiger partial charge < -0.3 is 19.1 Å². The predicted octanol–water partition coefficient (Wildman–Crippen LogP) is 5.55. The van der Waals surface area contributed by atoms with Crippen molar-refractivity contribution in [3.05, 3.63) is 23.2 Å². The Hall–Kier alpha value is -1.83. The van der Waals surface area contributed by atoms with Crippen LogP contribution < -0.4 is 9.47 Å². The first-order valence-corrected chi connectivity index (χ1v) is 9.52. The maximum Gasteiger partial charge on any atom is 0.573 e. The number of nitrogens with zero attached hydrogens (tertiary/aromatic N) is 1. The van der Waals surface area contributed by atoms with E-state index in [1.807, 2.05) is 20.8 Å². The van der Waals surface area contributed by atoms with Crippen LogP contribution in [-0.4, -0.2) is 41.1 Å². The molecule has 9 heteroatoms. The summed E-state index contributed by atoms with van der Waals surface area (Å²) in [4.78, 5) is 14.3. The summed E-state index contributed by atoms with van der Waals surface area (Å²) in [5.74, 6) is -0.217. The average Bonchev–Trinajstić information content (AvgIpc) is 2.75. The molecule has 2 heterocycles. The summed E-state index contributed by atoms with van der Waals surface area (Å²) >= 11 is 5.90. The van der Waals surface area contributed by atoms with Gasteiger partial charge in [0.25, 0.3) is 0 Å². The molecule has 1 amide bonds. The number of hydrogen-bond donors (Lipinski definition) is 0. The first-order valence-electron chi connectivity index (χ1n) is 9.14. The van der Waals surface area contributed by atoms with Crippen molar-refractivity contribution in [2.24, 2.45) is 0 Å². The molecule has 5 nitrogen and oxygen atoms in total. The number of fused-ring (bicyclic) bond motifs is 2. The number of halogens is 4. The van der Waals surface area contributed by atoms with Crippen LogP contribution in [-0.2, 0) is 4.74 Å². The summed E-state index contributed by atoms with van der Waals surface area (Å²) in [6, 6.07) is 3.68. The van der Waals surface area contributed by atoms with E-state index in [4.69, 9.17) is 21.1 Å². The van der Waals surface area contributed by atoms with Crippen molar-refractivity contribution in [1.82, 2.24) is 4.90 Å². The highest BCUT2D eigenvalue weighted by Gasteiger charge is 2.45. The van der Waals surface area contributed by atoms with Crippen molar-refractivity contribution in [2.75, 3.05) is 0 Å². The van der Waals surface area contributed by atoms with Crippen LogP contribution in [0.2, 0.25) is 5.02 Å². The fraction of sp³-hybridized carbons (Fsp3) is 0.632. The highest BCUT2D eigenvalue weighted by molar-refractivity contribution is 6.30. The van der Waals surface area contributed by atoms with Crippen LogP contribution in [0.15, 0.2) is 18.2 Å². The van der Waals surface area contributed by atoms with E-state index in [0.29, 0.717) is 12.8 Å². The molecule has 3 rings (SSSR count). The second-order valence-electron chi connectivity index (χ2n) is 8.15. The van der Waals surface area contributed by atoms with Crippen LogP contribution in [0.25, 0.3) is 0 Å². The van der Waals surface area contributed by atoms with E-state index in [1.165, 1.54) is 12.1 Å². The van der Waals surface area contributed by atoms with Gasteiger partial charge in [0.2, 0.25) is 0 Å². The van der Waals surface area contributed by atoms with Crippen molar-refractivity contribution in [1.29, 1.82) is 0 Å². The van der Waals surface area contributed by atoms with Crippen LogP contribution in [0.4, 0.5) is 18.0 Å². The van der Waals surface area contributed by atoms with Crippen LogP contribution in [0, 0.1) is 0 Å². The smallest absolute Gasteiger partial charge is 0.490 e. The molecule has 2 unspecified atom stereocenters.